The van der Waals surface area contributed by atoms with Gasteiger partial charge in [-0.25, -0.2) is 4.79 Å². The van der Waals surface area contributed by atoms with Gasteiger partial charge in [0.2, 0.25) is 0 Å². The van der Waals surface area contributed by atoms with E-state index >= 15 is 0 Å². The lowest BCUT2D eigenvalue weighted by molar-refractivity contribution is -0.134. The van der Waals surface area contributed by atoms with Crippen molar-refractivity contribution in [1.82, 2.24) is 0 Å². The number of allylic oxidation sites excluding steroid dienone is 1. The Morgan fingerprint density at radius 1 is 1.80 bits per heavy atom. The maximum absolute atomic E-state index is 10.4. The number of carbonyl (C=O) groups excluding carboxylic acids is 1. The van der Waals surface area contributed by atoms with Gasteiger partial charge in [0.25, 0.3) is 0 Å². The van der Waals surface area contributed by atoms with Crippen molar-refractivity contribution in [3.63, 3.8) is 0 Å². The second kappa shape index (κ2) is 4.40. The second-order valence-corrected chi connectivity index (χ2v) is 1.50. The summed E-state index contributed by atoms with van der Waals surface area (Å²) in [4.78, 5) is 12.9. The highest BCUT2D eigenvalue weighted by Gasteiger charge is 1.92. The van der Waals surface area contributed by atoms with Gasteiger partial charge in [-0.1, -0.05) is 5.11 Å². The predicted octanol–water partition coefficient (Wildman–Crippen LogP) is 1.37. The molecule has 0 aromatic rings. The molecule has 0 N–H and O–H groups in total. The van der Waals surface area contributed by atoms with E-state index in [1.165, 1.54) is 14.0 Å². The van der Waals surface area contributed by atoms with Gasteiger partial charge < -0.3 is 4.74 Å². The fraction of sp³-hybridized carbons (Fsp3) is 0.400. The molecule has 0 saturated heterocycles. The van der Waals surface area contributed by atoms with Crippen LogP contribution in [0.5, 0.6) is 0 Å². The monoisotopic (exact) mass is 141 g/mol. The van der Waals surface area contributed by atoms with E-state index < -0.39 is 5.97 Å². The molecule has 0 aromatic heterocycles. The van der Waals surface area contributed by atoms with E-state index in [2.05, 4.69) is 14.8 Å². The molecular formula is C5H7N3O2. The van der Waals surface area contributed by atoms with Gasteiger partial charge in [0, 0.05) is 16.7 Å². The van der Waals surface area contributed by atoms with Crippen molar-refractivity contribution in [1.29, 1.82) is 0 Å². The van der Waals surface area contributed by atoms with Crippen LogP contribution in [-0.4, -0.2) is 13.1 Å². The molecule has 0 rings (SSSR count). The number of esters is 1. The smallest absolute Gasteiger partial charge is 0.330 e. The zero-order valence-corrected chi connectivity index (χ0v) is 5.74. The highest BCUT2D eigenvalue weighted by molar-refractivity contribution is 5.82. The Hall–Kier alpha value is -1.48. The van der Waals surface area contributed by atoms with E-state index in [9.17, 15) is 4.79 Å². The number of hydrogen-bond acceptors (Lipinski definition) is 3. The first kappa shape index (κ1) is 8.52. The highest BCUT2D eigenvalue weighted by atomic mass is 16.5. The van der Waals surface area contributed by atoms with Gasteiger partial charge in [0.15, 0.2) is 0 Å². The van der Waals surface area contributed by atoms with Crippen molar-refractivity contribution in [2.24, 2.45) is 5.11 Å². The zero-order valence-electron chi connectivity index (χ0n) is 5.74. The zero-order chi connectivity index (χ0) is 7.98. The fourth-order valence-corrected chi connectivity index (χ4v) is 0.329. The van der Waals surface area contributed by atoms with Crippen molar-refractivity contribution in [2.75, 3.05) is 7.11 Å². The molecule has 0 aliphatic heterocycles. The lowest BCUT2D eigenvalue weighted by atomic mass is 10.4. The minimum Gasteiger partial charge on any atom is -0.466 e. The van der Waals surface area contributed by atoms with Crippen LogP contribution in [0.4, 0.5) is 0 Å². The largest absolute Gasteiger partial charge is 0.466 e. The summed E-state index contributed by atoms with van der Waals surface area (Å²) in [5.41, 5.74) is 8.17. The molecule has 54 valence electrons. The van der Waals surface area contributed by atoms with Crippen LogP contribution in [0.25, 0.3) is 10.4 Å². The van der Waals surface area contributed by atoms with Crippen molar-refractivity contribution in [3.8, 4) is 0 Å². The van der Waals surface area contributed by atoms with E-state index in [-0.39, 0.29) is 5.70 Å². The van der Waals surface area contributed by atoms with E-state index in [1.54, 1.807) is 0 Å². The molecule has 0 heterocycles. The van der Waals surface area contributed by atoms with Crippen LogP contribution < -0.4 is 0 Å². The average molecular weight is 141 g/mol. The van der Waals surface area contributed by atoms with Gasteiger partial charge >= 0.3 is 5.97 Å². The first-order valence-corrected chi connectivity index (χ1v) is 2.52. The Morgan fingerprint density at radius 3 is 2.80 bits per heavy atom. The van der Waals surface area contributed by atoms with Gasteiger partial charge in [0.05, 0.1) is 7.11 Å². The van der Waals surface area contributed by atoms with Gasteiger partial charge in [-0.15, -0.1) is 0 Å². The maximum atomic E-state index is 10.4. The van der Waals surface area contributed by atoms with Gasteiger partial charge in [-0.05, 0) is 12.5 Å². The van der Waals surface area contributed by atoms with Crippen LogP contribution in [0.3, 0.4) is 0 Å². The van der Waals surface area contributed by atoms with Crippen molar-refractivity contribution >= 4 is 5.97 Å². The van der Waals surface area contributed by atoms with Crippen LogP contribution in [0.15, 0.2) is 16.9 Å². The molecule has 0 bridgehead atoms. The highest BCUT2D eigenvalue weighted by Crippen LogP contribution is 1.94. The third-order valence-corrected chi connectivity index (χ3v) is 0.730. The van der Waals surface area contributed by atoms with Crippen LogP contribution in [0, 0.1) is 0 Å². The van der Waals surface area contributed by atoms with Crippen LogP contribution in [0.2, 0.25) is 0 Å². The van der Waals surface area contributed by atoms with Gasteiger partial charge in [0.1, 0.15) is 0 Å². The Labute approximate surface area is 57.9 Å². The summed E-state index contributed by atoms with van der Waals surface area (Å²) in [6.45, 7) is 1.51. The van der Waals surface area contributed by atoms with E-state index in [0.29, 0.717) is 0 Å². The molecule has 0 amide bonds. The lowest BCUT2D eigenvalue weighted by Crippen LogP contribution is -1.94. The summed E-state index contributed by atoms with van der Waals surface area (Å²) in [5.74, 6) is -0.523. The van der Waals surface area contributed by atoms with Gasteiger partial charge in [-0.3, -0.25) is 0 Å². The summed E-state index contributed by atoms with van der Waals surface area (Å²) >= 11 is 0. The molecule has 0 aromatic carbocycles. The minimum atomic E-state index is -0.523. The quantitative estimate of drug-likeness (QED) is 0.191. The Bertz CT molecular complexity index is 203. The molecule has 0 spiro atoms. The topological polar surface area (TPSA) is 75.1 Å². The number of methoxy groups -OCH3 is 1. The molecular weight excluding hydrogens is 134 g/mol. The number of carbonyl (C=O) groups is 1. The Morgan fingerprint density at radius 2 is 2.40 bits per heavy atom. The Balaban J connectivity index is 4.15. The summed E-state index contributed by atoms with van der Waals surface area (Å²) in [6.07, 6.45) is 1.11. The molecule has 0 saturated carbocycles. The van der Waals surface area contributed by atoms with Crippen LogP contribution in [0.1, 0.15) is 6.92 Å². The molecule has 10 heavy (non-hydrogen) atoms. The molecule has 5 heteroatoms. The molecule has 0 unspecified atom stereocenters. The molecule has 0 aliphatic rings. The third kappa shape index (κ3) is 3.51. The standard InChI is InChI=1S/C5H7N3O2/c1-4(7-8-6)3-5(9)10-2/h3H,1-2H3/b4-3+. The molecule has 0 atom stereocenters. The van der Waals surface area contributed by atoms with Crippen molar-refractivity contribution < 1.29 is 9.53 Å². The van der Waals surface area contributed by atoms with Crippen molar-refractivity contribution in [2.45, 2.75) is 6.92 Å². The lowest BCUT2D eigenvalue weighted by Gasteiger charge is -1.89. The second-order valence-electron chi connectivity index (χ2n) is 1.50. The molecule has 0 fully saturated rings. The number of nitrogens with zero attached hydrogens (tertiary/aromatic N) is 3. The predicted molar refractivity (Wildman–Crippen MR) is 34.9 cm³/mol. The number of azide groups is 1. The molecule has 5 nitrogen and oxygen atoms in total. The van der Waals surface area contributed by atoms with Crippen molar-refractivity contribution in [3.05, 3.63) is 22.2 Å². The number of ether oxygens (including phenoxy) is 1. The van der Waals surface area contributed by atoms with E-state index in [0.717, 1.165) is 6.08 Å². The van der Waals surface area contributed by atoms with Gasteiger partial charge in [-0.2, -0.15) is 0 Å². The van der Waals surface area contributed by atoms with E-state index in [4.69, 9.17) is 5.53 Å². The van der Waals surface area contributed by atoms with Crippen LogP contribution in [-0.2, 0) is 9.53 Å². The average Bonchev–Trinajstić information content (AvgIpc) is 1.88. The van der Waals surface area contributed by atoms with Crippen LogP contribution >= 0.6 is 0 Å². The number of rotatable bonds is 2. The Kier molecular flexibility index (Phi) is 3.75. The molecule has 0 radical (unpaired) electrons. The minimum absolute atomic E-state index is 0.286. The normalized spacial score (nSPS) is 10.0. The number of hydrogen-bond donors (Lipinski definition) is 0. The fourth-order valence-electron chi connectivity index (χ4n) is 0.329. The summed E-state index contributed by atoms with van der Waals surface area (Å²) in [5, 5.41) is 3.15. The summed E-state index contributed by atoms with van der Waals surface area (Å²) in [6, 6.07) is 0. The summed E-state index contributed by atoms with van der Waals surface area (Å²) in [7, 11) is 1.25. The molecule has 0 aliphatic carbocycles. The van der Waals surface area contributed by atoms with E-state index in [1.807, 2.05) is 0 Å². The third-order valence-electron chi connectivity index (χ3n) is 0.730. The first-order chi connectivity index (χ1) is 4.70. The maximum Gasteiger partial charge on any atom is 0.330 e. The first-order valence-electron chi connectivity index (χ1n) is 2.52. The SMILES string of the molecule is COC(=O)/C=C(\C)N=[N+]=[N-]. The summed E-state index contributed by atoms with van der Waals surface area (Å²) < 4.78 is 4.27.